The molecule has 0 saturated carbocycles. The molecule has 0 saturated heterocycles. The highest BCUT2D eigenvalue weighted by Gasteiger charge is 2.22. The van der Waals surface area contributed by atoms with Crippen molar-refractivity contribution < 1.29 is 4.79 Å². The van der Waals surface area contributed by atoms with Gasteiger partial charge in [0, 0.05) is 34.9 Å². The number of fused-ring (bicyclic) bond motifs is 1. The minimum absolute atomic E-state index is 0.286. The van der Waals surface area contributed by atoms with Crippen LogP contribution in [0.3, 0.4) is 0 Å². The van der Waals surface area contributed by atoms with Crippen LogP contribution in [-0.4, -0.2) is 10.4 Å². The number of halogens is 1. The summed E-state index contributed by atoms with van der Waals surface area (Å²) < 4.78 is 2.25. The minimum Gasteiger partial charge on any atom is -0.344 e. The van der Waals surface area contributed by atoms with E-state index in [2.05, 4.69) is 17.6 Å². The maximum atomic E-state index is 11.9. The fraction of sp³-hybridized carbons (Fsp3) is 0.312. The van der Waals surface area contributed by atoms with Gasteiger partial charge in [-0.1, -0.05) is 23.7 Å². The van der Waals surface area contributed by atoms with Gasteiger partial charge < -0.3 is 4.57 Å². The van der Waals surface area contributed by atoms with Crippen molar-refractivity contribution in [3.63, 3.8) is 0 Å². The van der Waals surface area contributed by atoms with Crippen LogP contribution >= 0.6 is 11.6 Å². The third kappa shape index (κ3) is 2.33. The first kappa shape index (κ1) is 12.5. The molecule has 0 bridgehead atoms. The van der Waals surface area contributed by atoms with Gasteiger partial charge in [0.2, 0.25) is 0 Å². The van der Waals surface area contributed by atoms with E-state index in [4.69, 9.17) is 11.6 Å². The molecule has 2 nitrogen and oxygen atoms in total. The predicted molar refractivity (Wildman–Crippen MR) is 77.0 cm³/mol. The van der Waals surface area contributed by atoms with Crippen molar-refractivity contribution >= 4 is 17.4 Å². The Morgan fingerprint density at radius 2 is 2.11 bits per heavy atom. The van der Waals surface area contributed by atoms with Crippen molar-refractivity contribution in [2.45, 2.75) is 32.7 Å². The summed E-state index contributed by atoms with van der Waals surface area (Å²) in [6.07, 6.45) is 2.65. The van der Waals surface area contributed by atoms with E-state index >= 15 is 0 Å². The molecular weight excluding hydrogens is 258 g/mol. The normalized spacial score (nSPS) is 14.5. The van der Waals surface area contributed by atoms with E-state index in [0.29, 0.717) is 6.42 Å². The molecule has 0 spiro atoms. The molecule has 2 aromatic rings. The molecule has 1 aliphatic rings. The topological polar surface area (TPSA) is 22.0 Å². The van der Waals surface area contributed by atoms with E-state index in [0.717, 1.165) is 35.7 Å². The molecule has 0 fully saturated rings. The summed E-state index contributed by atoms with van der Waals surface area (Å²) in [4.78, 5) is 11.9. The van der Waals surface area contributed by atoms with Crippen LogP contribution in [0.5, 0.6) is 0 Å². The number of hydrogen-bond donors (Lipinski definition) is 0. The number of aromatic nitrogens is 1. The van der Waals surface area contributed by atoms with Gasteiger partial charge in [-0.05, 0) is 43.5 Å². The van der Waals surface area contributed by atoms with Gasteiger partial charge in [0.05, 0.1) is 0 Å². The Bertz CT molecular complexity index is 642. The predicted octanol–water partition coefficient (Wildman–Crippen LogP) is 4.02. The molecule has 0 aliphatic heterocycles. The highest BCUT2D eigenvalue weighted by Crippen LogP contribution is 2.26. The van der Waals surface area contributed by atoms with Crippen LogP contribution in [-0.2, 0) is 13.0 Å². The second-order valence-electron chi connectivity index (χ2n) is 5.14. The maximum absolute atomic E-state index is 11.9. The van der Waals surface area contributed by atoms with Gasteiger partial charge in [0.1, 0.15) is 0 Å². The van der Waals surface area contributed by atoms with Crippen molar-refractivity contribution in [2.75, 3.05) is 0 Å². The van der Waals surface area contributed by atoms with E-state index < -0.39 is 0 Å². The summed E-state index contributed by atoms with van der Waals surface area (Å²) in [5.74, 6) is 0.286. The second-order valence-corrected chi connectivity index (χ2v) is 5.58. The molecular formula is C16H16ClNO. The molecule has 98 valence electrons. The highest BCUT2D eigenvalue weighted by atomic mass is 35.5. The third-order valence-corrected chi connectivity index (χ3v) is 4.00. The lowest BCUT2D eigenvalue weighted by atomic mass is 9.96. The fourth-order valence-corrected chi connectivity index (χ4v) is 3.04. The summed E-state index contributed by atoms with van der Waals surface area (Å²) in [5.41, 5.74) is 4.44. The Hall–Kier alpha value is -1.54. The molecule has 1 aromatic heterocycles. The molecule has 0 unspecified atom stereocenters. The molecule has 0 amide bonds. The van der Waals surface area contributed by atoms with Crippen LogP contribution in [0.4, 0.5) is 0 Å². The van der Waals surface area contributed by atoms with Crippen molar-refractivity contribution in [2.24, 2.45) is 0 Å². The van der Waals surface area contributed by atoms with E-state index in [1.807, 2.05) is 24.3 Å². The zero-order chi connectivity index (χ0) is 13.4. The van der Waals surface area contributed by atoms with E-state index in [1.54, 1.807) is 0 Å². The maximum Gasteiger partial charge on any atom is 0.164 e. The number of ketones is 1. The van der Waals surface area contributed by atoms with E-state index in [-0.39, 0.29) is 5.78 Å². The highest BCUT2D eigenvalue weighted by molar-refractivity contribution is 6.30. The number of nitrogens with zero attached hydrogens (tertiary/aromatic N) is 1. The Kier molecular flexibility index (Phi) is 3.19. The summed E-state index contributed by atoms with van der Waals surface area (Å²) in [6.45, 7) is 2.85. The zero-order valence-electron chi connectivity index (χ0n) is 10.9. The van der Waals surface area contributed by atoms with Gasteiger partial charge >= 0.3 is 0 Å². The number of Topliss-reactive ketones (excluding diaryl/α,β-unsaturated/α-hetero) is 1. The van der Waals surface area contributed by atoms with Crippen LogP contribution in [0.25, 0.3) is 0 Å². The molecule has 1 aliphatic carbocycles. The quantitative estimate of drug-likeness (QED) is 0.810. The van der Waals surface area contributed by atoms with Gasteiger partial charge in [-0.2, -0.15) is 0 Å². The zero-order valence-corrected chi connectivity index (χ0v) is 11.7. The van der Waals surface area contributed by atoms with Crippen molar-refractivity contribution in [3.05, 3.63) is 57.9 Å². The molecule has 0 radical (unpaired) electrons. The third-order valence-electron chi connectivity index (χ3n) is 3.76. The van der Waals surface area contributed by atoms with Crippen molar-refractivity contribution in [1.29, 1.82) is 0 Å². The number of carbonyl (C=O) groups excluding carboxylic acids is 1. The Labute approximate surface area is 118 Å². The summed E-state index contributed by atoms with van der Waals surface area (Å²) in [7, 11) is 0. The lowest BCUT2D eigenvalue weighted by molar-refractivity contribution is 0.0972. The Morgan fingerprint density at radius 3 is 2.89 bits per heavy atom. The van der Waals surface area contributed by atoms with Gasteiger partial charge in [-0.25, -0.2) is 0 Å². The van der Waals surface area contributed by atoms with Gasteiger partial charge in [0.25, 0.3) is 0 Å². The van der Waals surface area contributed by atoms with E-state index in [9.17, 15) is 4.79 Å². The first-order chi connectivity index (χ1) is 9.15. The van der Waals surface area contributed by atoms with Crippen LogP contribution in [0.1, 0.15) is 40.2 Å². The monoisotopic (exact) mass is 273 g/mol. The Morgan fingerprint density at radius 1 is 1.26 bits per heavy atom. The van der Waals surface area contributed by atoms with Gasteiger partial charge in [-0.3, -0.25) is 4.79 Å². The van der Waals surface area contributed by atoms with Crippen LogP contribution in [0.2, 0.25) is 5.02 Å². The molecule has 0 N–H and O–H groups in total. The number of benzene rings is 1. The molecule has 19 heavy (non-hydrogen) atoms. The number of rotatable bonds is 2. The molecule has 1 aromatic carbocycles. The van der Waals surface area contributed by atoms with Crippen molar-refractivity contribution in [1.82, 2.24) is 4.57 Å². The average molecular weight is 274 g/mol. The first-order valence-corrected chi connectivity index (χ1v) is 6.99. The molecule has 3 rings (SSSR count). The number of hydrogen-bond acceptors (Lipinski definition) is 1. The largest absolute Gasteiger partial charge is 0.344 e. The summed E-state index contributed by atoms with van der Waals surface area (Å²) in [5, 5.41) is 0.757. The Balaban J connectivity index is 1.99. The molecule has 1 heterocycles. The smallest absolute Gasteiger partial charge is 0.164 e. The van der Waals surface area contributed by atoms with Crippen LogP contribution in [0.15, 0.2) is 30.3 Å². The molecule has 3 heteroatoms. The number of aryl methyl sites for hydroxylation is 1. The standard InChI is InChI=1S/C16H16ClNO/c1-11-8-14-15(6-3-7-16(14)19)18(11)10-12-4-2-5-13(17)9-12/h2,4-5,8-9H,3,6-7,10H2,1H3. The van der Waals surface area contributed by atoms with Crippen molar-refractivity contribution in [3.8, 4) is 0 Å². The number of carbonyl (C=O) groups is 1. The fourth-order valence-electron chi connectivity index (χ4n) is 2.83. The van der Waals surface area contributed by atoms with Gasteiger partial charge in [0.15, 0.2) is 5.78 Å². The summed E-state index contributed by atoms with van der Waals surface area (Å²) >= 11 is 6.03. The molecule has 0 atom stereocenters. The van der Waals surface area contributed by atoms with E-state index in [1.165, 1.54) is 11.3 Å². The van der Waals surface area contributed by atoms with Gasteiger partial charge in [-0.15, -0.1) is 0 Å². The lowest BCUT2D eigenvalue weighted by Crippen LogP contribution is -2.14. The second kappa shape index (κ2) is 4.86. The average Bonchev–Trinajstić information content (AvgIpc) is 2.69. The summed E-state index contributed by atoms with van der Waals surface area (Å²) in [6, 6.07) is 9.93. The van der Waals surface area contributed by atoms with Crippen LogP contribution < -0.4 is 0 Å². The van der Waals surface area contributed by atoms with Crippen LogP contribution in [0, 0.1) is 6.92 Å². The minimum atomic E-state index is 0.286. The SMILES string of the molecule is Cc1cc2c(n1Cc1cccc(Cl)c1)CCCC2=O. The lowest BCUT2D eigenvalue weighted by Gasteiger charge is -2.16. The first-order valence-electron chi connectivity index (χ1n) is 6.62.